The van der Waals surface area contributed by atoms with Crippen molar-refractivity contribution in [2.45, 2.75) is 160 Å². The van der Waals surface area contributed by atoms with Gasteiger partial charge in [-0.2, -0.15) is 21.7 Å². The summed E-state index contributed by atoms with van der Waals surface area (Å²) in [6.45, 7) is 4.28. The summed E-state index contributed by atoms with van der Waals surface area (Å²) in [6, 6.07) is 0. The Kier molecular flexibility index (Phi) is 21.8. The highest BCUT2D eigenvalue weighted by molar-refractivity contribution is 7.99. The van der Waals surface area contributed by atoms with Crippen LogP contribution in [-0.2, 0) is 23.1 Å². The highest BCUT2D eigenvalue weighted by atomic mass is 35.5. The lowest BCUT2D eigenvalue weighted by Crippen LogP contribution is -2.31. The first-order chi connectivity index (χ1) is 24.7. The van der Waals surface area contributed by atoms with Gasteiger partial charge >= 0.3 is 7.82 Å². The fourth-order valence-electron chi connectivity index (χ4n) is 6.08. The van der Waals surface area contributed by atoms with E-state index in [1.54, 1.807) is 11.8 Å². The van der Waals surface area contributed by atoms with Crippen molar-refractivity contribution in [1.82, 2.24) is 19.5 Å². The predicted molar refractivity (Wildman–Crippen MR) is 203 cm³/mol. The Hall–Kier alpha value is -1.09. The van der Waals surface area contributed by atoms with Crippen LogP contribution < -0.4 is 5.73 Å². The molecule has 1 fully saturated rings. The van der Waals surface area contributed by atoms with Crippen molar-refractivity contribution in [3.8, 4) is 0 Å². The van der Waals surface area contributed by atoms with Crippen LogP contribution in [0.25, 0.3) is 11.2 Å². The van der Waals surface area contributed by atoms with E-state index in [2.05, 4.69) is 28.8 Å². The Balaban J connectivity index is 1.42. The number of fused-ring (bicyclic) bond motifs is 1. The minimum atomic E-state index is -4.59. The minimum Gasteiger partial charge on any atom is -0.387 e. The van der Waals surface area contributed by atoms with Gasteiger partial charge in [-0.1, -0.05) is 117 Å². The number of nitrogen functional groups attached to an aromatic ring is 1. The van der Waals surface area contributed by atoms with Crippen LogP contribution in [0.1, 0.15) is 136 Å². The summed E-state index contributed by atoms with van der Waals surface area (Å²) in [6.07, 6.45) is 16.9. The van der Waals surface area contributed by atoms with Gasteiger partial charge in [-0.25, -0.2) is 13.9 Å². The van der Waals surface area contributed by atoms with E-state index in [-0.39, 0.29) is 28.9 Å². The van der Waals surface area contributed by atoms with E-state index < -0.39 is 45.1 Å². The molecule has 1 aliphatic rings. The molecule has 4 N–H and O–H groups in total. The van der Waals surface area contributed by atoms with Crippen LogP contribution in [0.5, 0.6) is 0 Å². The smallest absolute Gasteiger partial charge is 0.387 e. The average molecular weight is 782 g/mol. The number of hydrogen-bond donors (Lipinski definition) is 3. The number of ether oxygens (including phenoxy) is 2. The number of hydrogen-bond acceptors (Lipinski definition) is 11. The lowest BCUT2D eigenvalue weighted by molar-refractivity contribution is -0.0484. The van der Waals surface area contributed by atoms with E-state index in [4.69, 9.17) is 35.9 Å². The maximum Gasteiger partial charge on any atom is 0.472 e. The zero-order valence-corrected chi connectivity index (χ0v) is 33.1. The Morgan fingerprint density at radius 3 is 2.18 bits per heavy atom. The molecule has 2 aromatic rings. The number of unbranched alkanes of at least 4 members (excludes halogenated alkanes) is 16. The number of anilines is 1. The monoisotopic (exact) mass is 781 g/mol. The number of rotatable bonds is 30. The third kappa shape index (κ3) is 16.4. The van der Waals surface area contributed by atoms with Crippen LogP contribution in [0.4, 0.5) is 10.2 Å². The standard InChI is InChI=1S/C35H62ClFN5O7PS/c1-3-5-7-9-11-13-14-16-18-20-22-51-25-27(46-21-19-17-15-12-10-8-6-4-2)23-47-50(44,45)48-24-28-31(43)29(37)34(49-28)42-26-39-30-32(38)40-35(36)41-33(30)42/h26-29,31,34,43H,3-25H2,1-2H3,(H,44,45)(H2,38,40,41)/t27?,28-,29+,31?,34-/m1/s1. The number of aromatic nitrogens is 4. The fourth-order valence-corrected chi connectivity index (χ4v) is 8.05. The molecular weight excluding hydrogens is 720 g/mol. The van der Waals surface area contributed by atoms with Gasteiger partial charge in [0.1, 0.15) is 17.7 Å². The zero-order valence-electron chi connectivity index (χ0n) is 30.6. The second-order valence-electron chi connectivity index (χ2n) is 13.5. The van der Waals surface area contributed by atoms with E-state index in [9.17, 15) is 14.6 Å². The van der Waals surface area contributed by atoms with Crippen LogP contribution in [0.3, 0.4) is 0 Å². The number of aliphatic hydroxyl groups is 1. The fraction of sp³-hybridized carbons (Fsp3) is 0.857. The molecule has 1 saturated heterocycles. The van der Waals surface area contributed by atoms with Gasteiger partial charge in [-0.15, -0.1) is 0 Å². The molecule has 51 heavy (non-hydrogen) atoms. The molecule has 0 radical (unpaired) electrons. The molecule has 0 spiro atoms. The highest BCUT2D eigenvalue weighted by Crippen LogP contribution is 2.45. The van der Waals surface area contributed by atoms with Crippen LogP contribution in [-0.4, -0.2) is 85.3 Å². The van der Waals surface area contributed by atoms with E-state index >= 15 is 4.39 Å². The van der Waals surface area contributed by atoms with Crippen molar-refractivity contribution in [2.75, 3.05) is 37.1 Å². The SMILES string of the molecule is CCCCCCCCCCCCSCC(COP(=O)(O)OC[C@H]1O[C@@H](n2cnc3c(N)nc(Cl)nc32)[C@@H](F)C1O)OCCCCCCCCCC. The zero-order chi connectivity index (χ0) is 36.9. The Morgan fingerprint density at radius 2 is 1.55 bits per heavy atom. The molecule has 0 aromatic carbocycles. The summed E-state index contributed by atoms with van der Waals surface area (Å²) < 4.78 is 51.6. The molecule has 0 saturated carbocycles. The Bertz CT molecular complexity index is 1290. The number of phosphoric acid groups is 1. The minimum absolute atomic E-state index is 0.00764. The molecule has 2 aromatic heterocycles. The molecule has 0 amide bonds. The number of nitrogens with two attached hydrogens (primary N) is 1. The van der Waals surface area contributed by atoms with Gasteiger partial charge in [0.15, 0.2) is 23.9 Å². The number of alkyl halides is 1. The van der Waals surface area contributed by atoms with Crippen LogP contribution >= 0.6 is 31.2 Å². The van der Waals surface area contributed by atoms with Crippen molar-refractivity contribution in [3.63, 3.8) is 0 Å². The first kappa shape index (κ1) is 44.3. The van der Waals surface area contributed by atoms with Crippen LogP contribution in [0.15, 0.2) is 6.33 Å². The Morgan fingerprint density at radius 1 is 0.961 bits per heavy atom. The molecular formula is C35H62ClFN5O7PS. The maximum atomic E-state index is 15.2. The quantitative estimate of drug-likeness (QED) is 0.0392. The van der Waals surface area contributed by atoms with E-state index in [0.717, 1.165) is 25.0 Å². The highest BCUT2D eigenvalue weighted by Gasteiger charge is 2.47. The predicted octanol–water partition coefficient (Wildman–Crippen LogP) is 8.97. The summed E-state index contributed by atoms with van der Waals surface area (Å²) in [7, 11) is -4.59. The number of nitrogens with zero attached hydrogens (tertiary/aromatic N) is 4. The molecule has 0 aliphatic carbocycles. The molecule has 3 unspecified atom stereocenters. The molecule has 6 atom stereocenters. The van der Waals surface area contributed by atoms with Gasteiger partial charge in [0.2, 0.25) is 5.28 Å². The second-order valence-corrected chi connectivity index (χ2v) is 16.4. The summed E-state index contributed by atoms with van der Waals surface area (Å²) in [5.74, 6) is 1.62. The van der Waals surface area contributed by atoms with Gasteiger partial charge in [0.25, 0.3) is 0 Å². The normalized spacial score (nSPS) is 21.1. The van der Waals surface area contributed by atoms with E-state index in [1.807, 2.05) is 0 Å². The number of aliphatic hydroxyl groups excluding tert-OH is 1. The third-order valence-corrected chi connectivity index (χ3v) is 11.4. The lowest BCUT2D eigenvalue weighted by Gasteiger charge is -2.21. The lowest BCUT2D eigenvalue weighted by atomic mass is 10.1. The topological polar surface area (TPSA) is 164 Å². The number of imidazole rings is 1. The van der Waals surface area contributed by atoms with Crippen molar-refractivity contribution >= 4 is 48.2 Å². The van der Waals surface area contributed by atoms with E-state index in [1.165, 1.54) is 107 Å². The van der Waals surface area contributed by atoms with Crippen molar-refractivity contribution < 1.29 is 37.5 Å². The second kappa shape index (κ2) is 25.1. The summed E-state index contributed by atoms with van der Waals surface area (Å²) in [5.41, 5.74) is 6.16. The first-order valence-electron chi connectivity index (χ1n) is 19.1. The number of thioether (sulfide) groups is 1. The molecule has 0 bridgehead atoms. The molecule has 16 heteroatoms. The third-order valence-electron chi connectivity index (χ3n) is 9.11. The Labute approximate surface area is 313 Å². The van der Waals surface area contributed by atoms with Crippen molar-refractivity contribution in [3.05, 3.63) is 11.6 Å². The molecule has 3 heterocycles. The van der Waals surface area contributed by atoms with Gasteiger partial charge in [-0.05, 0) is 30.2 Å². The summed E-state index contributed by atoms with van der Waals surface area (Å²) >= 11 is 7.68. The summed E-state index contributed by atoms with van der Waals surface area (Å²) in [4.78, 5) is 22.5. The molecule has 294 valence electrons. The largest absolute Gasteiger partial charge is 0.472 e. The van der Waals surface area contributed by atoms with Gasteiger partial charge in [0, 0.05) is 12.4 Å². The first-order valence-corrected chi connectivity index (χ1v) is 22.1. The van der Waals surface area contributed by atoms with Crippen molar-refractivity contribution in [2.24, 2.45) is 0 Å². The maximum absolute atomic E-state index is 15.2. The number of phosphoric ester groups is 1. The van der Waals surface area contributed by atoms with Gasteiger partial charge in [0.05, 0.1) is 25.6 Å². The summed E-state index contributed by atoms with van der Waals surface area (Å²) in [5, 5.41) is 10.4. The average Bonchev–Trinajstić information content (AvgIpc) is 3.65. The molecule has 12 nitrogen and oxygen atoms in total. The number of halogens is 2. The molecule has 1 aliphatic heterocycles. The van der Waals surface area contributed by atoms with Crippen LogP contribution in [0, 0.1) is 0 Å². The van der Waals surface area contributed by atoms with Gasteiger partial charge in [-0.3, -0.25) is 13.6 Å². The van der Waals surface area contributed by atoms with E-state index in [0.29, 0.717) is 12.4 Å². The molecule has 3 rings (SSSR count). The van der Waals surface area contributed by atoms with Gasteiger partial charge < -0.3 is 25.2 Å². The van der Waals surface area contributed by atoms with Crippen molar-refractivity contribution in [1.29, 1.82) is 0 Å². The van der Waals surface area contributed by atoms with Crippen LogP contribution in [0.2, 0.25) is 5.28 Å².